The lowest BCUT2D eigenvalue weighted by atomic mass is 10.1. The molecule has 1 aliphatic rings. The molecular weight excluding hydrogens is 384 g/mol. The number of anilines is 2. The van der Waals surface area contributed by atoms with E-state index in [2.05, 4.69) is 15.5 Å². The Labute approximate surface area is 164 Å². The van der Waals surface area contributed by atoms with Gasteiger partial charge in [0.2, 0.25) is 11.0 Å². The van der Waals surface area contributed by atoms with Crippen molar-refractivity contribution in [3.63, 3.8) is 0 Å². The first-order valence-electron chi connectivity index (χ1n) is 8.36. The van der Waals surface area contributed by atoms with E-state index in [4.69, 9.17) is 11.6 Å². The first-order valence-corrected chi connectivity index (χ1v) is 9.55. The molecule has 1 aromatic heterocycles. The number of hydrogen-bond donors (Lipinski definition) is 1. The Morgan fingerprint density at radius 3 is 2.59 bits per heavy atom. The molecule has 136 valence electrons. The van der Waals surface area contributed by atoms with Crippen LogP contribution in [-0.4, -0.2) is 28.6 Å². The molecule has 0 aliphatic carbocycles. The van der Waals surface area contributed by atoms with Crippen LogP contribution in [0.15, 0.2) is 54.6 Å². The van der Waals surface area contributed by atoms with Crippen molar-refractivity contribution in [2.75, 3.05) is 16.8 Å². The number of nitrogens with zero attached hydrogens (tertiary/aromatic N) is 3. The van der Waals surface area contributed by atoms with Crippen LogP contribution in [0.3, 0.4) is 0 Å². The minimum Gasteiger partial charge on any atom is -0.312 e. The average molecular weight is 399 g/mol. The molecule has 2 aromatic carbocycles. The number of carbonyl (C=O) groups excluding carboxylic acids is 2. The third kappa shape index (κ3) is 3.84. The van der Waals surface area contributed by atoms with Gasteiger partial charge in [-0.1, -0.05) is 41.1 Å². The van der Waals surface area contributed by atoms with Crippen molar-refractivity contribution in [2.24, 2.45) is 0 Å². The molecule has 1 fully saturated rings. The molecule has 2 amide bonds. The van der Waals surface area contributed by atoms with Crippen molar-refractivity contribution >= 4 is 45.6 Å². The lowest BCUT2D eigenvalue weighted by Crippen LogP contribution is -2.24. The second-order valence-corrected chi connectivity index (χ2v) is 7.59. The number of carbonyl (C=O) groups is 2. The van der Waals surface area contributed by atoms with E-state index >= 15 is 0 Å². The Morgan fingerprint density at radius 2 is 1.85 bits per heavy atom. The molecule has 2 heterocycles. The quantitative estimate of drug-likeness (QED) is 0.721. The Morgan fingerprint density at radius 1 is 1.11 bits per heavy atom. The van der Waals surface area contributed by atoms with Crippen molar-refractivity contribution < 1.29 is 9.59 Å². The second kappa shape index (κ2) is 7.46. The maximum absolute atomic E-state index is 12.4. The Balaban J connectivity index is 1.45. The van der Waals surface area contributed by atoms with Crippen LogP contribution in [0.1, 0.15) is 27.7 Å². The molecule has 3 aromatic rings. The third-order valence-corrected chi connectivity index (χ3v) is 5.56. The molecule has 1 aliphatic heterocycles. The van der Waals surface area contributed by atoms with E-state index in [1.807, 2.05) is 18.2 Å². The fourth-order valence-electron chi connectivity index (χ4n) is 2.95. The Kier molecular flexibility index (Phi) is 4.87. The molecule has 1 atom stereocenters. The number of aromatic nitrogens is 2. The number of hydrogen-bond acceptors (Lipinski definition) is 5. The van der Waals surface area contributed by atoms with E-state index in [0.717, 1.165) is 10.7 Å². The van der Waals surface area contributed by atoms with Gasteiger partial charge in [0, 0.05) is 35.2 Å². The van der Waals surface area contributed by atoms with Gasteiger partial charge < -0.3 is 4.90 Å². The van der Waals surface area contributed by atoms with Crippen LogP contribution in [-0.2, 0) is 4.79 Å². The summed E-state index contributed by atoms with van der Waals surface area (Å²) in [6.07, 6.45) is 0.365. The molecule has 0 bridgehead atoms. The predicted molar refractivity (Wildman–Crippen MR) is 105 cm³/mol. The molecule has 0 unspecified atom stereocenters. The fourth-order valence-corrected chi connectivity index (χ4v) is 3.91. The molecule has 6 nitrogen and oxygen atoms in total. The van der Waals surface area contributed by atoms with E-state index in [9.17, 15) is 9.59 Å². The molecule has 8 heteroatoms. The molecule has 4 rings (SSSR count). The zero-order valence-corrected chi connectivity index (χ0v) is 15.7. The van der Waals surface area contributed by atoms with Crippen LogP contribution in [0.5, 0.6) is 0 Å². The van der Waals surface area contributed by atoms with Gasteiger partial charge in [0.1, 0.15) is 5.01 Å². The summed E-state index contributed by atoms with van der Waals surface area (Å²) < 4.78 is 0. The van der Waals surface area contributed by atoms with Gasteiger partial charge in [-0.3, -0.25) is 14.9 Å². The monoisotopic (exact) mass is 398 g/mol. The van der Waals surface area contributed by atoms with Crippen LogP contribution in [0.25, 0.3) is 0 Å². The van der Waals surface area contributed by atoms with Gasteiger partial charge >= 0.3 is 0 Å². The van der Waals surface area contributed by atoms with E-state index < -0.39 is 0 Å². The van der Waals surface area contributed by atoms with Gasteiger partial charge in [0.15, 0.2) is 0 Å². The SMILES string of the molecule is O=C(Nc1nnc([C@H]2CC(=O)N(c3ccc(Cl)cc3)C2)s1)c1ccccc1. The number of rotatable bonds is 4. The van der Waals surface area contributed by atoms with Gasteiger partial charge in [-0.05, 0) is 36.4 Å². The summed E-state index contributed by atoms with van der Waals surface area (Å²) in [5.41, 5.74) is 1.37. The standard InChI is InChI=1S/C19H15ClN4O2S/c20-14-6-8-15(9-7-14)24-11-13(10-16(24)25)18-22-23-19(27-18)21-17(26)12-4-2-1-3-5-12/h1-9,13H,10-11H2,(H,21,23,26)/t13-/m0/s1. The minimum atomic E-state index is -0.233. The van der Waals surface area contributed by atoms with Gasteiger partial charge in [-0.2, -0.15) is 0 Å². The normalized spacial score (nSPS) is 16.6. The molecular formula is C19H15ClN4O2S. The van der Waals surface area contributed by atoms with E-state index in [0.29, 0.717) is 28.7 Å². The Bertz CT molecular complexity index is 975. The van der Waals surface area contributed by atoms with Crippen LogP contribution in [0, 0.1) is 0 Å². The summed E-state index contributed by atoms with van der Waals surface area (Å²) in [4.78, 5) is 26.3. The zero-order chi connectivity index (χ0) is 18.8. The third-order valence-electron chi connectivity index (χ3n) is 4.31. The highest BCUT2D eigenvalue weighted by Crippen LogP contribution is 2.34. The second-order valence-electron chi connectivity index (χ2n) is 6.15. The van der Waals surface area contributed by atoms with E-state index in [-0.39, 0.29) is 17.7 Å². The predicted octanol–water partition coefficient (Wildman–Crippen LogP) is 3.96. The highest BCUT2D eigenvalue weighted by atomic mass is 35.5. The topological polar surface area (TPSA) is 75.2 Å². The number of benzene rings is 2. The summed E-state index contributed by atoms with van der Waals surface area (Å²) in [6, 6.07) is 16.1. The summed E-state index contributed by atoms with van der Waals surface area (Å²) in [7, 11) is 0. The van der Waals surface area contributed by atoms with Crippen LogP contribution < -0.4 is 10.2 Å². The lowest BCUT2D eigenvalue weighted by Gasteiger charge is -2.16. The Hall–Kier alpha value is -2.77. The van der Waals surface area contributed by atoms with Crippen LogP contribution in [0.2, 0.25) is 5.02 Å². The molecule has 27 heavy (non-hydrogen) atoms. The van der Waals surface area contributed by atoms with Crippen LogP contribution in [0.4, 0.5) is 10.8 Å². The number of nitrogens with one attached hydrogen (secondary N) is 1. The van der Waals surface area contributed by atoms with Crippen molar-refractivity contribution in [1.82, 2.24) is 10.2 Å². The number of halogens is 1. The van der Waals surface area contributed by atoms with Gasteiger partial charge in [-0.15, -0.1) is 10.2 Å². The van der Waals surface area contributed by atoms with Crippen molar-refractivity contribution in [3.05, 3.63) is 70.2 Å². The summed E-state index contributed by atoms with van der Waals surface area (Å²) in [5.74, 6) is -0.246. The molecule has 0 saturated carbocycles. The highest BCUT2D eigenvalue weighted by molar-refractivity contribution is 7.15. The molecule has 0 radical (unpaired) electrons. The summed E-state index contributed by atoms with van der Waals surface area (Å²) >= 11 is 7.21. The first-order chi connectivity index (χ1) is 13.1. The largest absolute Gasteiger partial charge is 0.312 e. The first kappa shape index (κ1) is 17.6. The fraction of sp³-hybridized carbons (Fsp3) is 0.158. The average Bonchev–Trinajstić information content (AvgIpc) is 3.30. The van der Waals surface area contributed by atoms with Gasteiger partial charge in [0.25, 0.3) is 5.91 Å². The van der Waals surface area contributed by atoms with E-state index in [1.54, 1.807) is 41.3 Å². The minimum absolute atomic E-state index is 0.0346. The maximum Gasteiger partial charge on any atom is 0.257 e. The highest BCUT2D eigenvalue weighted by Gasteiger charge is 2.34. The van der Waals surface area contributed by atoms with Crippen LogP contribution >= 0.6 is 22.9 Å². The zero-order valence-electron chi connectivity index (χ0n) is 14.1. The van der Waals surface area contributed by atoms with E-state index in [1.165, 1.54) is 11.3 Å². The molecule has 0 spiro atoms. The smallest absolute Gasteiger partial charge is 0.257 e. The maximum atomic E-state index is 12.4. The lowest BCUT2D eigenvalue weighted by molar-refractivity contribution is -0.117. The van der Waals surface area contributed by atoms with Gasteiger partial charge in [-0.25, -0.2) is 0 Å². The van der Waals surface area contributed by atoms with Gasteiger partial charge in [0.05, 0.1) is 0 Å². The summed E-state index contributed by atoms with van der Waals surface area (Å²) in [5, 5.41) is 12.8. The molecule has 1 N–H and O–H groups in total. The number of amides is 2. The molecule has 1 saturated heterocycles. The summed E-state index contributed by atoms with van der Waals surface area (Å²) in [6.45, 7) is 0.529. The van der Waals surface area contributed by atoms with Crippen molar-refractivity contribution in [2.45, 2.75) is 12.3 Å². The van der Waals surface area contributed by atoms with Crippen molar-refractivity contribution in [3.8, 4) is 0 Å². The van der Waals surface area contributed by atoms with Crippen molar-refractivity contribution in [1.29, 1.82) is 0 Å².